The first-order chi connectivity index (χ1) is 10.2. The first-order valence-electron chi connectivity index (χ1n) is 7.34. The molecule has 1 saturated carbocycles. The van der Waals surface area contributed by atoms with E-state index in [1.54, 1.807) is 12.5 Å². The Labute approximate surface area is 122 Å². The van der Waals surface area contributed by atoms with Crippen LogP contribution in [0.4, 0.5) is 0 Å². The molecule has 6 nitrogen and oxygen atoms in total. The van der Waals surface area contributed by atoms with Crippen LogP contribution in [0.3, 0.4) is 0 Å². The van der Waals surface area contributed by atoms with Crippen LogP contribution in [0.25, 0.3) is 0 Å². The minimum atomic E-state index is -0.519. The fourth-order valence-electron chi connectivity index (χ4n) is 3.39. The monoisotopic (exact) mass is 290 g/mol. The first-order valence-corrected chi connectivity index (χ1v) is 7.34. The third-order valence-electron chi connectivity index (χ3n) is 4.74. The molecule has 1 spiro atoms. The molecule has 2 aliphatic carbocycles. The molecular weight excluding hydrogens is 272 g/mol. The van der Waals surface area contributed by atoms with Crippen molar-refractivity contribution in [2.45, 2.75) is 43.9 Å². The summed E-state index contributed by atoms with van der Waals surface area (Å²) in [4.78, 5) is 11.4. The van der Waals surface area contributed by atoms with Crippen molar-refractivity contribution < 1.29 is 19.0 Å². The van der Waals surface area contributed by atoms with Crippen molar-refractivity contribution in [3.8, 4) is 0 Å². The van der Waals surface area contributed by atoms with Crippen LogP contribution in [-0.4, -0.2) is 28.6 Å². The maximum Gasteiger partial charge on any atom is 0.308 e. The summed E-state index contributed by atoms with van der Waals surface area (Å²) in [5.74, 6) is -0.603. The minimum absolute atomic E-state index is 0.0262. The maximum atomic E-state index is 11.4. The second-order valence-corrected chi connectivity index (χ2v) is 6.02. The fourth-order valence-corrected chi connectivity index (χ4v) is 3.39. The summed E-state index contributed by atoms with van der Waals surface area (Å²) >= 11 is 0. The Hall–Kier alpha value is -1.98. The lowest BCUT2D eigenvalue weighted by Gasteiger charge is -2.33. The fraction of sp³-hybridized carbons (Fsp3) is 0.600. The Balaban J connectivity index is 1.46. The zero-order valence-electron chi connectivity index (χ0n) is 11.9. The van der Waals surface area contributed by atoms with Crippen molar-refractivity contribution in [2.75, 3.05) is 7.11 Å². The summed E-state index contributed by atoms with van der Waals surface area (Å²) < 4.78 is 18.0. The molecule has 6 heteroatoms. The number of rotatable bonds is 2. The van der Waals surface area contributed by atoms with E-state index in [4.69, 9.17) is 14.2 Å². The largest absolute Gasteiger partial charge is 0.469 e. The lowest BCUT2D eigenvalue weighted by molar-refractivity contribution is -0.150. The number of hydrogen-bond donors (Lipinski definition) is 0. The van der Waals surface area contributed by atoms with Crippen LogP contribution in [0, 0.1) is 5.92 Å². The predicted molar refractivity (Wildman–Crippen MR) is 72.1 cm³/mol. The quantitative estimate of drug-likeness (QED) is 0.776. The highest BCUT2D eigenvalue weighted by atomic mass is 16.7. The third kappa shape index (κ3) is 2.01. The normalized spacial score (nSPS) is 28.4. The molecule has 0 bridgehead atoms. The number of aryl methyl sites for hydroxylation is 1. The average Bonchev–Trinajstić information content (AvgIpc) is 3.04. The molecule has 112 valence electrons. The van der Waals surface area contributed by atoms with E-state index in [-0.39, 0.29) is 11.9 Å². The molecule has 0 radical (unpaired) electrons. The highest BCUT2D eigenvalue weighted by Gasteiger charge is 2.42. The Bertz CT molecular complexity index is 593. The van der Waals surface area contributed by atoms with E-state index in [2.05, 4.69) is 11.3 Å². The van der Waals surface area contributed by atoms with Crippen LogP contribution in [0.1, 0.15) is 36.6 Å². The topological polar surface area (TPSA) is 62.6 Å². The summed E-state index contributed by atoms with van der Waals surface area (Å²) in [7, 11) is 1.44. The number of carbonyl (C=O) groups is 1. The lowest BCUT2D eigenvalue weighted by Crippen LogP contribution is -2.36. The van der Waals surface area contributed by atoms with Gasteiger partial charge in [-0.3, -0.25) is 9.48 Å². The molecule has 3 aliphatic rings. The van der Waals surface area contributed by atoms with Crippen LogP contribution < -0.4 is 0 Å². The molecule has 0 amide bonds. The molecule has 0 N–H and O–H groups in total. The van der Waals surface area contributed by atoms with Gasteiger partial charge in [-0.25, -0.2) is 0 Å². The Morgan fingerprint density at radius 3 is 2.90 bits per heavy atom. The maximum absolute atomic E-state index is 11.4. The smallest absolute Gasteiger partial charge is 0.308 e. The SMILES string of the molecule is COC(=O)C1CC(n2cc3c(n2)CCC2(C3)OC=CO2)C1. The van der Waals surface area contributed by atoms with Gasteiger partial charge in [0, 0.05) is 18.2 Å². The molecular formula is C15H18N2O4. The number of fused-ring (bicyclic) bond motifs is 1. The summed E-state index contributed by atoms with van der Waals surface area (Å²) in [6.07, 6.45) is 9.34. The van der Waals surface area contributed by atoms with E-state index in [1.807, 2.05) is 4.68 Å². The molecule has 1 aliphatic heterocycles. The number of methoxy groups -OCH3 is 1. The Kier molecular flexibility index (Phi) is 2.74. The molecule has 1 aromatic heterocycles. The lowest BCUT2D eigenvalue weighted by atomic mass is 9.80. The highest BCUT2D eigenvalue weighted by molar-refractivity contribution is 5.73. The van der Waals surface area contributed by atoms with Crippen LogP contribution in [-0.2, 0) is 31.8 Å². The van der Waals surface area contributed by atoms with Gasteiger partial charge in [0.2, 0.25) is 0 Å². The molecule has 1 aromatic rings. The molecule has 2 heterocycles. The Morgan fingerprint density at radius 2 is 2.19 bits per heavy atom. The van der Waals surface area contributed by atoms with Crippen LogP contribution in [0.5, 0.6) is 0 Å². The molecule has 0 unspecified atom stereocenters. The van der Waals surface area contributed by atoms with Gasteiger partial charge in [-0.05, 0) is 19.3 Å². The van der Waals surface area contributed by atoms with Gasteiger partial charge in [0.25, 0.3) is 5.79 Å². The molecule has 0 aromatic carbocycles. The second-order valence-electron chi connectivity index (χ2n) is 6.02. The van der Waals surface area contributed by atoms with E-state index in [9.17, 15) is 4.79 Å². The summed E-state index contributed by atoms with van der Waals surface area (Å²) in [5.41, 5.74) is 2.31. The van der Waals surface area contributed by atoms with E-state index >= 15 is 0 Å². The van der Waals surface area contributed by atoms with Crippen molar-refractivity contribution in [2.24, 2.45) is 5.92 Å². The number of nitrogens with zero attached hydrogens (tertiary/aromatic N) is 2. The van der Waals surface area contributed by atoms with E-state index in [0.29, 0.717) is 6.04 Å². The van der Waals surface area contributed by atoms with Crippen molar-refractivity contribution in [1.82, 2.24) is 9.78 Å². The molecule has 4 rings (SSSR count). The third-order valence-corrected chi connectivity index (χ3v) is 4.74. The molecule has 21 heavy (non-hydrogen) atoms. The Morgan fingerprint density at radius 1 is 1.43 bits per heavy atom. The van der Waals surface area contributed by atoms with Crippen molar-refractivity contribution in [3.05, 3.63) is 30.0 Å². The summed E-state index contributed by atoms with van der Waals surface area (Å²) in [6.45, 7) is 0. The number of ether oxygens (including phenoxy) is 3. The zero-order chi connectivity index (χ0) is 14.4. The van der Waals surface area contributed by atoms with Gasteiger partial charge in [-0.1, -0.05) is 0 Å². The van der Waals surface area contributed by atoms with Gasteiger partial charge in [0.05, 0.1) is 31.2 Å². The average molecular weight is 290 g/mol. The van der Waals surface area contributed by atoms with Crippen molar-refractivity contribution in [1.29, 1.82) is 0 Å². The van der Waals surface area contributed by atoms with E-state index in [1.165, 1.54) is 12.7 Å². The van der Waals surface area contributed by atoms with Crippen molar-refractivity contribution in [3.63, 3.8) is 0 Å². The number of esters is 1. The van der Waals surface area contributed by atoms with Crippen molar-refractivity contribution >= 4 is 5.97 Å². The first kappa shape index (κ1) is 12.7. The number of carbonyl (C=O) groups excluding carboxylic acids is 1. The van der Waals surface area contributed by atoms with Gasteiger partial charge in [0.1, 0.15) is 12.5 Å². The summed E-state index contributed by atoms with van der Waals surface area (Å²) in [5, 5.41) is 4.68. The number of aromatic nitrogens is 2. The number of hydrogen-bond acceptors (Lipinski definition) is 5. The molecule has 0 atom stereocenters. The summed E-state index contributed by atoms with van der Waals surface area (Å²) in [6, 6.07) is 0.305. The predicted octanol–water partition coefficient (Wildman–Crippen LogP) is 1.71. The van der Waals surface area contributed by atoms with Gasteiger partial charge in [0.15, 0.2) is 0 Å². The van der Waals surface area contributed by atoms with Gasteiger partial charge < -0.3 is 14.2 Å². The van der Waals surface area contributed by atoms with Crippen LogP contribution >= 0.6 is 0 Å². The minimum Gasteiger partial charge on any atom is -0.469 e. The van der Waals surface area contributed by atoms with E-state index in [0.717, 1.165) is 37.8 Å². The standard InChI is InChI=1S/C15H18N2O4/c1-19-14(18)10-6-12(7-10)17-9-11-8-15(20-4-5-21-15)3-2-13(11)16-17/h4-5,9-10,12H,2-3,6-8H2,1H3. The molecule has 1 fully saturated rings. The highest BCUT2D eigenvalue weighted by Crippen LogP contribution is 2.40. The van der Waals surface area contributed by atoms with Crippen LogP contribution in [0.15, 0.2) is 18.7 Å². The van der Waals surface area contributed by atoms with E-state index < -0.39 is 5.79 Å². The second kappa shape index (κ2) is 4.51. The van der Waals surface area contributed by atoms with Gasteiger partial charge in [-0.2, -0.15) is 5.10 Å². The van der Waals surface area contributed by atoms with Crippen LogP contribution in [0.2, 0.25) is 0 Å². The van der Waals surface area contributed by atoms with Gasteiger partial charge >= 0.3 is 5.97 Å². The van der Waals surface area contributed by atoms with Gasteiger partial charge in [-0.15, -0.1) is 0 Å². The zero-order valence-corrected chi connectivity index (χ0v) is 11.9. The molecule has 0 saturated heterocycles.